The topological polar surface area (TPSA) is 60.4 Å². The second-order valence-electron chi connectivity index (χ2n) is 3.03. The average Bonchev–Trinajstić information content (AvgIpc) is 2.08. The summed E-state index contributed by atoms with van der Waals surface area (Å²) in [7, 11) is -3.91. The van der Waals surface area contributed by atoms with Gasteiger partial charge in [-0.25, -0.2) is 0 Å². The van der Waals surface area contributed by atoms with Gasteiger partial charge in [0.25, 0.3) is 0 Å². The molecule has 0 unspecified atom stereocenters. The summed E-state index contributed by atoms with van der Waals surface area (Å²) in [4.78, 5) is 10.5. The molecule has 0 aliphatic carbocycles. The summed E-state index contributed by atoms with van der Waals surface area (Å²) in [6, 6.07) is 4.38. The molecule has 4 nitrogen and oxygen atoms in total. The molecule has 88 valence electrons. The Morgan fingerprint density at radius 2 is 1.94 bits per heavy atom. The Kier molecular flexibility index (Phi) is 4.18. The van der Waals surface area contributed by atoms with Crippen LogP contribution in [-0.4, -0.2) is 14.4 Å². The van der Waals surface area contributed by atoms with Crippen molar-refractivity contribution in [3.05, 3.63) is 33.8 Å². The molecule has 0 bridgehead atoms. The molecule has 1 rings (SSSR count). The first-order valence-electron chi connectivity index (χ1n) is 4.17. The maximum Gasteiger partial charge on any atom is 0.319 e. The first-order valence-corrected chi connectivity index (χ1v) is 6.50. The number of carbonyl (C=O) groups excluding carboxylic acids is 1. The van der Waals surface area contributed by atoms with E-state index < -0.39 is 21.8 Å². The molecule has 0 fully saturated rings. The highest BCUT2D eigenvalue weighted by Gasteiger charge is 2.15. The van der Waals surface area contributed by atoms with Gasteiger partial charge in [0.05, 0.1) is 10.0 Å². The number of benzene rings is 1. The first kappa shape index (κ1) is 13.3. The van der Waals surface area contributed by atoms with Crippen LogP contribution in [-0.2, 0) is 24.8 Å². The van der Waals surface area contributed by atoms with E-state index >= 15 is 0 Å². The lowest BCUT2D eigenvalue weighted by molar-refractivity contribution is -0.131. The fourth-order valence-corrected chi connectivity index (χ4v) is 2.37. The molecule has 0 radical (unpaired) electrons. The second-order valence-corrected chi connectivity index (χ2v) is 5.41. The van der Waals surface area contributed by atoms with Crippen LogP contribution in [0, 0.1) is 0 Å². The van der Waals surface area contributed by atoms with Gasteiger partial charge in [0.1, 0.15) is 5.75 Å². The molecule has 16 heavy (non-hydrogen) atoms. The maximum absolute atomic E-state index is 11.3. The van der Waals surface area contributed by atoms with Crippen LogP contribution in [0.3, 0.4) is 0 Å². The summed E-state index contributed by atoms with van der Waals surface area (Å²) in [6.45, 7) is 1.02. The zero-order valence-electron chi connectivity index (χ0n) is 8.24. The summed E-state index contributed by atoms with van der Waals surface area (Å²) in [5.41, 5.74) is 0.399. The lowest BCUT2D eigenvalue weighted by Crippen LogP contribution is -2.12. The maximum atomic E-state index is 11.3. The average molecular weight is 283 g/mol. The monoisotopic (exact) mass is 282 g/mol. The lowest BCUT2D eigenvalue weighted by atomic mass is 10.2. The van der Waals surface area contributed by atoms with E-state index in [2.05, 4.69) is 4.18 Å². The third kappa shape index (κ3) is 4.00. The van der Waals surface area contributed by atoms with Crippen LogP contribution >= 0.6 is 23.2 Å². The van der Waals surface area contributed by atoms with Gasteiger partial charge >= 0.3 is 16.1 Å². The molecule has 0 amide bonds. The highest BCUT2D eigenvalue weighted by molar-refractivity contribution is 7.86. The van der Waals surface area contributed by atoms with Crippen molar-refractivity contribution in [1.82, 2.24) is 0 Å². The zero-order valence-corrected chi connectivity index (χ0v) is 10.6. The van der Waals surface area contributed by atoms with Gasteiger partial charge in [0.15, 0.2) is 0 Å². The van der Waals surface area contributed by atoms with Gasteiger partial charge < -0.3 is 4.18 Å². The third-order valence-corrected chi connectivity index (χ3v) is 3.49. The molecular weight excluding hydrogens is 275 g/mol. The Balaban J connectivity index is 2.88. The molecule has 0 aliphatic rings. The highest BCUT2D eigenvalue weighted by Crippen LogP contribution is 2.23. The van der Waals surface area contributed by atoms with Crippen LogP contribution in [0.25, 0.3) is 0 Å². The molecule has 0 spiro atoms. The van der Waals surface area contributed by atoms with Crippen LogP contribution < -0.4 is 0 Å². The quantitative estimate of drug-likeness (QED) is 0.799. The van der Waals surface area contributed by atoms with Crippen molar-refractivity contribution in [2.24, 2.45) is 0 Å². The smallest absolute Gasteiger partial charge is 0.319 e. The minimum Gasteiger partial charge on any atom is -0.346 e. The normalized spacial score (nSPS) is 11.2. The van der Waals surface area contributed by atoms with Crippen LogP contribution in [0.4, 0.5) is 0 Å². The Morgan fingerprint density at radius 1 is 1.31 bits per heavy atom. The summed E-state index contributed by atoms with van der Waals surface area (Å²) in [5.74, 6) is -1.30. The predicted octanol–water partition coefficient (Wildman–Crippen LogP) is 2.39. The van der Waals surface area contributed by atoms with E-state index in [0.29, 0.717) is 10.6 Å². The molecule has 0 aromatic heterocycles. The Hall–Kier alpha value is -0.780. The first-order chi connectivity index (χ1) is 7.30. The van der Waals surface area contributed by atoms with Gasteiger partial charge in [-0.3, -0.25) is 4.79 Å². The fourth-order valence-electron chi connectivity index (χ4n) is 1.04. The lowest BCUT2D eigenvalue weighted by Gasteiger charge is -2.04. The van der Waals surface area contributed by atoms with Crippen molar-refractivity contribution in [3.8, 4) is 0 Å². The largest absolute Gasteiger partial charge is 0.346 e. The molecular formula is C9H8Cl2O4S. The van der Waals surface area contributed by atoms with Crippen LogP contribution in [0.5, 0.6) is 0 Å². The Bertz CT molecular complexity index is 510. The van der Waals surface area contributed by atoms with E-state index in [1.807, 2.05) is 0 Å². The van der Waals surface area contributed by atoms with Crippen molar-refractivity contribution in [2.45, 2.75) is 12.7 Å². The van der Waals surface area contributed by atoms with E-state index in [1.165, 1.54) is 18.2 Å². The van der Waals surface area contributed by atoms with Crippen LogP contribution in [0.1, 0.15) is 12.5 Å². The van der Waals surface area contributed by atoms with Crippen LogP contribution in [0.15, 0.2) is 18.2 Å². The van der Waals surface area contributed by atoms with E-state index in [9.17, 15) is 13.2 Å². The van der Waals surface area contributed by atoms with Gasteiger partial charge in [-0.05, 0) is 17.7 Å². The summed E-state index contributed by atoms with van der Waals surface area (Å²) in [5, 5.41) is 0.576. The van der Waals surface area contributed by atoms with E-state index in [0.717, 1.165) is 6.92 Å². The summed E-state index contributed by atoms with van der Waals surface area (Å²) in [6.07, 6.45) is 0. The van der Waals surface area contributed by atoms with Gasteiger partial charge in [-0.2, -0.15) is 8.42 Å². The SMILES string of the molecule is CC(=O)OS(=O)(=O)Cc1ccc(Cl)c(Cl)c1. The van der Waals surface area contributed by atoms with Crippen molar-refractivity contribution >= 4 is 39.3 Å². The van der Waals surface area contributed by atoms with Gasteiger partial charge in [-0.15, -0.1) is 0 Å². The second kappa shape index (κ2) is 5.03. The standard InChI is InChI=1S/C9H8Cl2O4S/c1-6(12)15-16(13,14)5-7-2-3-8(10)9(11)4-7/h2-4H,5H2,1H3. The molecule has 0 heterocycles. The van der Waals surface area contributed by atoms with E-state index in [-0.39, 0.29) is 5.02 Å². The van der Waals surface area contributed by atoms with Gasteiger partial charge in [-0.1, -0.05) is 29.3 Å². The number of carbonyl (C=O) groups is 1. The fraction of sp³-hybridized carbons (Fsp3) is 0.222. The van der Waals surface area contributed by atoms with Gasteiger partial charge in [0, 0.05) is 6.92 Å². The molecule has 1 aromatic rings. The van der Waals surface area contributed by atoms with E-state index in [4.69, 9.17) is 23.2 Å². The zero-order chi connectivity index (χ0) is 12.3. The number of rotatable bonds is 3. The molecule has 7 heteroatoms. The third-order valence-electron chi connectivity index (χ3n) is 1.57. The van der Waals surface area contributed by atoms with Crippen molar-refractivity contribution in [1.29, 1.82) is 0 Å². The summed E-state index contributed by atoms with van der Waals surface area (Å²) >= 11 is 11.4. The highest BCUT2D eigenvalue weighted by atomic mass is 35.5. The minimum absolute atomic E-state index is 0.247. The molecule has 0 atom stereocenters. The number of hydrogen-bond donors (Lipinski definition) is 0. The molecule has 0 N–H and O–H groups in total. The molecule has 1 aromatic carbocycles. The molecule has 0 saturated carbocycles. The van der Waals surface area contributed by atoms with Gasteiger partial charge in [0.2, 0.25) is 0 Å². The van der Waals surface area contributed by atoms with Crippen molar-refractivity contribution < 1.29 is 17.4 Å². The molecule has 0 aliphatic heterocycles. The summed E-state index contributed by atoms with van der Waals surface area (Å²) < 4.78 is 26.7. The Labute approximate surface area is 103 Å². The number of halogens is 2. The minimum atomic E-state index is -3.91. The molecule has 0 saturated heterocycles. The Morgan fingerprint density at radius 3 is 2.44 bits per heavy atom. The van der Waals surface area contributed by atoms with Crippen molar-refractivity contribution in [3.63, 3.8) is 0 Å². The van der Waals surface area contributed by atoms with Crippen molar-refractivity contribution in [2.75, 3.05) is 0 Å². The van der Waals surface area contributed by atoms with E-state index in [1.54, 1.807) is 0 Å². The number of hydrogen-bond acceptors (Lipinski definition) is 4. The predicted molar refractivity (Wildman–Crippen MR) is 60.9 cm³/mol. The van der Waals surface area contributed by atoms with Crippen LogP contribution in [0.2, 0.25) is 10.0 Å².